The van der Waals surface area contributed by atoms with Gasteiger partial charge >= 0.3 is 0 Å². The van der Waals surface area contributed by atoms with Gasteiger partial charge in [-0.05, 0) is 78.3 Å². The number of hydrogen-bond donors (Lipinski definition) is 0. The van der Waals surface area contributed by atoms with Gasteiger partial charge in [-0.2, -0.15) is 0 Å². The molecule has 182 valence electrons. The summed E-state index contributed by atoms with van der Waals surface area (Å²) in [4.78, 5) is 6.88. The number of nitrogens with zero attached hydrogens (tertiary/aromatic N) is 2. The Hall–Kier alpha value is -2.98. The van der Waals surface area contributed by atoms with Gasteiger partial charge in [0.05, 0.1) is 5.54 Å². The molecule has 0 spiro atoms. The Morgan fingerprint density at radius 1 is 0.892 bits per heavy atom. The molecule has 9 rings (SSSR count). The van der Waals surface area contributed by atoms with Crippen molar-refractivity contribution in [3.8, 4) is 0 Å². The van der Waals surface area contributed by atoms with Crippen molar-refractivity contribution in [2.24, 2.45) is 0 Å². The summed E-state index contributed by atoms with van der Waals surface area (Å²) < 4.78 is 1.43. The fraction of sp³-hybridized carbons (Fsp3) is 0.333. The zero-order chi connectivity index (χ0) is 24.7. The number of allylic oxidation sites excluding steroid dienone is 1. The number of aryl methyl sites for hydroxylation is 1. The second-order valence-electron chi connectivity index (χ2n) is 12.4. The molecule has 5 aliphatic rings. The Labute approximate surface area is 223 Å². The Morgan fingerprint density at radius 2 is 1.70 bits per heavy atom. The summed E-state index contributed by atoms with van der Waals surface area (Å²) in [6.07, 6.45) is 12.3. The highest BCUT2D eigenvalue weighted by Gasteiger charge is 2.61. The van der Waals surface area contributed by atoms with E-state index in [2.05, 4.69) is 91.4 Å². The summed E-state index contributed by atoms with van der Waals surface area (Å²) in [5, 5.41) is 1.47. The highest BCUT2D eigenvalue weighted by molar-refractivity contribution is 7.19. The van der Waals surface area contributed by atoms with Crippen LogP contribution < -0.4 is 26.2 Å². The predicted octanol–water partition coefficient (Wildman–Crippen LogP) is 6.51. The Kier molecular flexibility index (Phi) is 3.81. The Balaban J connectivity index is 1.41. The minimum Gasteiger partial charge on any atom is -0.345 e. The topological polar surface area (TPSA) is 6.48 Å². The molecular formula is C33H31BN2S. The van der Waals surface area contributed by atoms with Gasteiger partial charge in [0, 0.05) is 50.2 Å². The third-order valence-electron chi connectivity index (χ3n) is 10.9. The molecule has 3 aromatic carbocycles. The standard InChI is InChI=1S/C33H31BN2S/c1-32-18-6-7-19-33(32,2)36-25-14-9-13-24-29(25)34(22-12-8-11-21(32)30(22)36)23-16-17-27-28(31(23)35(24)3)20-10-4-5-15-26(20)37-27/h4,8-14,16-17H,5-7,15,18-19H2,1-3H3. The van der Waals surface area contributed by atoms with E-state index in [9.17, 15) is 0 Å². The average Bonchev–Trinajstić information content (AvgIpc) is 3.40. The molecule has 0 amide bonds. The lowest BCUT2D eigenvalue weighted by Crippen LogP contribution is -2.64. The minimum atomic E-state index is 0.115. The van der Waals surface area contributed by atoms with E-state index in [0.29, 0.717) is 0 Å². The van der Waals surface area contributed by atoms with Crippen LogP contribution in [0, 0.1) is 0 Å². The molecule has 2 atom stereocenters. The summed E-state index contributed by atoms with van der Waals surface area (Å²) >= 11 is 2.01. The van der Waals surface area contributed by atoms with Crippen LogP contribution in [0.2, 0.25) is 0 Å². The lowest BCUT2D eigenvalue weighted by molar-refractivity contribution is 0.195. The van der Waals surface area contributed by atoms with Crippen molar-refractivity contribution >= 4 is 73.3 Å². The lowest BCUT2D eigenvalue weighted by atomic mass is 9.33. The van der Waals surface area contributed by atoms with Crippen LogP contribution in [0.1, 0.15) is 62.0 Å². The second kappa shape index (κ2) is 6.71. The van der Waals surface area contributed by atoms with Crippen LogP contribution in [-0.4, -0.2) is 19.3 Å². The molecule has 0 bridgehead atoms. The first-order valence-electron chi connectivity index (χ1n) is 14.1. The quantitative estimate of drug-likeness (QED) is 0.255. The first kappa shape index (κ1) is 21.0. The molecule has 1 saturated carbocycles. The molecule has 37 heavy (non-hydrogen) atoms. The molecule has 4 heterocycles. The van der Waals surface area contributed by atoms with Crippen LogP contribution in [-0.2, 0) is 11.8 Å². The Bertz CT molecular complexity index is 1720. The molecule has 2 aliphatic carbocycles. The Morgan fingerprint density at radius 3 is 2.62 bits per heavy atom. The smallest absolute Gasteiger partial charge is 0.252 e. The maximum atomic E-state index is 2.80. The van der Waals surface area contributed by atoms with Gasteiger partial charge in [0.15, 0.2) is 0 Å². The van der Waals surface area contributed by atoms with Crippen LogP contribution in [0.4, 0.5) is 22.7 Å². The predicted molar refractivity (Wildman–Crippen MR) is 161 cm³/mol. The zero-order valence-electron chi connectivity index (χ0n) is 21.9. The van der Waals surface area contributed by atoms with Crippen molar-refractivity contribution in [1.29, 1.82) is 0 Å². The normalized spacial score (nSPS) is 26.1. The molecule has 0 saturated heterocycles. The van der Waals surface area contributed by atoms with E-state index in [1.165, 1.54) is 86.9 Å². The maximum absolute atomic E-state index is 2.80. The van der Waals surface area contributed by atoms with Gasteiger partial charge in [0.25, 0.3) is 6.71 Å². The van der Waals surface area contributed by atoms with Crippen LogP contribution in [0.5, 0.6) is 0 Å². The number of para-hydroxylation sites is 1. The number of rotatable bonds is 0. The summed E-state index contributed by atoms with van der Waals surface area (Å²) in [5.74, 6) is 0. The van der Waals surface area contributed by atoms with Gasteiger partial charge < -0.3 is 9.80 Å². The van der Waals surface area contributed by atoms with Crippen LogP contribution in [0.15, 0.2) is 54.6 Å². The fourth-order valence-electron chi connectivity index (χ4n) is 8.96. The van der Waals surface area contributed by atoms with Gasteiger partial charge in [-0.3, -0.25) is 0 Å². The average molecular weight is 499 g/mol. The van der Waals surface area contributed by atoms with Gasteiger partial charge in [-0.1, -0.05) is 62.2 Å². The zero-order valence-corrected chi connectivity index (χ0v) is 22.7. The van der Waals surface area contributed by atoms with Crippen LogP contribution in [0.25, 0.3) is 16.2 Å². The van der Waals surface area contributed by atoms with Crippen molar-refractivity contribution in [3.05, 3.63) is 70.6 Å². The summed E-state index contributed by atoms with van der Waals surface area (Å²) in [5.41, 5.74) is 13.6. The third kappa shape index (κ3) is 2.24. The van der Waals surface area contributed by atoms with E-state index >= 15 is 0 Å². The number of fused-ring (bicyclic) bond motifs is 11. The van der Waals surface area contributed by atoms with Gasteiger partial charge in [-0.15, -0.1) is 11.3 Å². The number of thiophene rings is 1. The molecule has 4 heteroatoms. The van der Waals surface area contributed by atoms with Gasteiger partial charge in [-0.25, -0.2) is 0 Å². The van der Waals surface area contributed by atoms with Crippen LogP contribution >= 0.6 is 11.3 Å². The van der Waals surface area contributed by atoms with Crippen molar-refractivity contribution in [3.63, 3.8) is 0 Å². The summed E-state index contributed by atoms with van der Waals surface area (Å²) in [6, 6.07) is 19.2. The summed E-state index contributed by atoms with van der Waals surface area (Å²) in [6.45, 7) is 5.40. The molecule has 3 aliphatic heterocycles. The van der Waals surface area contributed by atoms with Crippen molar-refractivity contribution < 1.29 is 0 Å². The number of anilines is 4. The second-order valence-corrected chi connectivity index (χ2v) is 13.5. The molecule has 0 N–H and O–H groups in total. The third-order valence-corrected chi connectivity index (χ3v) is 12.1. The molecule has 2 unspecified atom stereocenters. The largest absolute Gasteiger partial charge is 0.345 e. The van der Waals surface area contributed by atoms with E-state index < -0.39 is 0 Å². The van der Waals surface area contributed by atoms with Gasteiger partial charge in [0.2, 0.25) is 0 Å². The number of hydrogen-bond acceptors (Lipinski definition) is 3. The van der Waals surface area contributed by atoms with Crippen LogP contribution in [0.3, 0.4) is 0 Å². The molecule has 2 nitrogen and oxygen atoms in total. The lowest BCUT2D eigenvalue weighted by Gasteiger charge is -2.52. The SMILES string of the molecule is CN1c2cccc3c2B(c2cccc4c2N3C2(C)CCCCC42C)c2ccc3sc4c(c3c21)C=CCC4. The molecular weight excluding hydrogens is 467 g/mol. The van der Waals surface area contributed by atoms with E-state index in [1.807, 2.05) is 11.3 Å². The fourth-order valence-corrected chi connectivity index (χ4v) is 10.2. The molecule has 1 aromatic heterocycles. The van der Waals surface area contributed by atoms with Crippen molar-refractivity contribution in [1.82, 2.24) is 0 Å². The van der Waals surface area contributed by atoms with E-state index in [1.54, 1.807) is 10.4 Å². The van der Waals surface area contributed by atoms with Crippen molar-refractivity contribution in [2.75, 3.05) is 16.8 Å². The monoisotopic (exact) mass is 498 g/mol. The summed E-state index contributed by atoms with van der Waals surface area (Å²) in [7, 11) is 2.31. The minimum absolute atomic E-state index is 0.115. The highest BCUT2D eigenvalue weighted by atomic mass is 32.1. The van der Waals surface area contributed by atoms with Gasteiger partial charge in [0.1, 0.15) is 0 Å². The highest BCUT2D eigenvalue weighted by Crippen LogP contribution is 2.61. The van der Waals surface area contributed by atoms with E-state index in [-0.39, 0.29) is 17.7 Å². The van der Waals surface area contributed by atoms with Crippen molar-refractivity contribution in [2.45, 2.75) is 63.3 Å². The molecule has 4 aromatic rings. The van der Waals surface area contributed by atoms with E-state index in [4.69, 9.17) is 0 Å². The molecule has 1 fully saturated rings. The van der Waals surface area contributed by atoms with E-state index in [0.717, 1.165) is 6.42 Å². The number of benzene rings is 3. The molecule has 0 radical (unpaired) electrons. The maximum Gasteiger partial charge on any atom is 0.252 e. The first-order chi connectivity index (χ1) is 18.0. The first-order valence-corrected chi connectivity index (χ1v) is 14.9.